The SMILES string of the molecule is Cc1cc(C)c(N)c(-c2nc(C(=O)NC3CC3)no2)c1. The van der Waals surface area contributed by atoms with Crippen molar-refractivity contribution in [1.29, 1.82) is 0 Å². The molecule has 3 N–H and O–H groups in total. The Kier molecular flexibility index (Phi) is 2.93. The molecule has 0 spiro atoms. The van der Waals surface area contributed by atoms with Crippen LogP contribution in [0.25, 0.3) is 11.5 Å². The molecule has 1 saturated carbocycles. The van der Waals surface area contributed by atoms with E-state index < -0.39 is 0 Å². The fraction of sp³-hybridized carbons (Fsp3) is 0.357. The van der Waals surface area contributed by atoms with Crippen LogP contribution in [0.2, 0.25) is 0 Å². The average Bonchev–Trinajstić information content (AvgIpc) is 3.07. The van der Waals surface area contributed by atoms with Crippen LogP contribution in [0, 0.1) is 13.8 Å². The van der Waals surface area contributed by atoms with Gasteiger partial charge in [-0.05, 0) is 43.9 Å². The van der Waals surface area contributed by atoms with Crippen molar-refractivity contribution in [3.8, 4) is 11.5 Å². The lowest BCUT2D eigenvalue weighted by Gasteiger charge is -2.06. The molecule has 3 rings (SSSR count). The third kappa shape index (κ3) is 2.36. The molecule has 1 aromatic carbocycles. The monoisotopic (exact) mass is 272 g/mol. The van der Waals surface area contributed by atoms with E-state index in [2.05, 4.69) is 15.5 Å². The number of benzene rings is 1. The van der Waals surface area contributed by atoms with E-state index in [1.165, 1.54) is 0 Å². The number of hydrogen-bond acceptors (Lipinski definition) is 5. The fourth-order valence-corrected chi connectivity index (χ4v) is 2.06. The van der Waals surface area contributed by atoms with Gasteiger partial charge in [-0.2, -0.15) is 4.98 Å². The molecule has 6 nitrogen and oxygen atoms in total. The summed E-state index contributed by atoms with van der Waals surface area (Å²) < 4.78 is 5.16. The van der Waals surface area contributed by atoms with Crippen LogP contribution in [-0.2, 0) is 0 Å². The second kappa shape index (κ2) is 4.63. The highest BCUT2D eigenvalue weighted by molar-refractivity contribution is 5.91. The largest absolute Gasteiger partial charge is 0.398 e. The molecule has 2 aromatic rings. The highest BCUT2D eigenvalue weighted by Crippen LogP contribution is 2.28. The standard InChI is InChI=1S/C14H16N4O2/c1-7-5-8(2)11(15)10(6-7)14-17-12(18-20-14)13(19)16-9-3-4-9/h5-6,9H,3-4,15H2,1-2H3,(H,16,19). The van der Waals surface area contributed by atoms with Crippen LogP contribution in [0.3, 0.4) is 0 Å². The predicted molar refractivity (Wildman–Crippen MR) is 74.1 cm³/mol. The van der Waals surface area contributed by atoms with E-state index in [4.69, 9.17) is 10.3 Å². The highest BCUT2D eigenvalue weighted by atomic mass is 16.5. The van der Waals surface area contributed by atoms with Crippen LogP contribution in [0.4, 0.5) is 5.69 Å². The molecule has 1 aliphatic rings. The number of nitrogens with one attached hydrogen (secondary N) is 1. The number of carbonyl (C=O) groups excluding carboxylic acids is 1. The van der Waals surface area contributed by atoms with E-state index in [9.17, 15) is 4.79 Å². The van der Waals surface area contributed by atoms with Crippen molar-refractivity contribution in [2.24, 2.45) is 0 Å². The highest BCUT2D eigenvalue weighted by Gasteiger charge is 2.26. The number of hydrogen-bond donors (Lipinski definition) is 2. The zero-order chi connectivity index (χ0) is 14.3. The summed E-state index contributed by atoms with van der Waals surface area (Å²) >= 11 is 0. The van der Waals surface area contributed by atoms with Crippen molar-refractivity contribution in [1.82, 2.24) is 15.5 Å². The normalized spacial score (nSPS) is 14.3. The third-order valence-electron chi connectivity index (χ3n) is 3.30. The molecule has 1 heterocycles. The molecule has 20 heavy (non-hydrogen) atoms. The molecule has 0 saturated heterocycles. The number of aryl methyl sites for hydroxylation is 2. The molecule has 1 aromatic heterocycles. The van der Waals surface area contributed by atoms with Gasteiger partial charge in [0.2, 0.25) is 0 Å². The second-order valence-corrected chi connectivity index (χ2v) is 5.21. The molecule has 0 aliphatic heterocycles. The van der Waals surface area contributed by atoms with Gasteiger partial charge in [0, 0.05) is 11.7 Å². The number of nitrogen functional groups attached to an aromatic ring is 1. The Labute approximate surface area is 116 Å². The van der Waals surface area contributed by atoms with E-state index in [0.717, 1.165) is 24.0 Å². The number of aromatic nitrogens is 2. The second-order valence-electron chi connectivity index (χ2n) is 5.21. The summed E-state index contributed by atoms with van der Waals surface area (Å²) in [6.45, 7) is 3.88. The number of nitrogens with zero attached hydrogens (tertiary/aromatic N) is 2. The van der Waals surface area contributed by atoms with Crippen LogP contribution >= 0.6 is 0 Å². The van der Waals surface area contributed by atoms with E-state index >= 15 is 0 Å². The van der Waals surface area contributed by atoms with Gasteiger partial charge >= 0.3 is 0 Å². The van der Waals surface area contributed by atoms with Crippen LogP contribution in [0.5, 0.6) is 0 Å². The van der Waals surface area contributed by atoms with Crippen LogP contribution in [0.1, 0.15) is 34.6 Å². The summed E-state index contributed by atoms with van der Waals surface area (Å²) in [4.78, 5) is 16.0. The Hall–Kier alpha value is -2.37. The van der Waals surface area contributed by atoms with Crippen molar-refractivity contribution in [3.05, 3.63) is 29.1 Å². The molecule has 0 atom stereocenters. The van der Waals surface area contributed by atoms with Crippen LogP contribution in [-0.4, -0.2) is 22.1 Å². The minimum Gasteiger partial charge on any atom is -0.398 e. The zero-order valence-corrected chi connectivity index (χ0v) is 11.4. The fourth-order valence-electron chi connectivity index (χ4n) is 2.06. The van der Waals surface area contributed by atoms with Gasteiger partial charge in [-0.1, -0.05) is 11.2 Å². The van der Waals surface area contributed by atoms with Gasteiger partial charge in [0.15, 0.2) is 0 Å². The number of rotatable bonds is 3. The molecular weight excluding hydrogens is 256 g/mol. The third-order valence-corrected chi connectivity index (χ3v) is 3.30. The Morgan fingerprint density at radius 1 is 1.40 bits per heavy atom. The first kappa shape index (κ1) is 12.7. The van der Waals surface area contributed by atoms with E-state index in [0.29, 0.717) is 11.3 Å². The van der Waals surface area contributed by atoms with E-state index in [1.807, 2.05) is 26.0 Å². The summed E-state index contributed by atoms with van der Waals surface area (Å²) in [6.07, 6.45) is 2.03. The maximum atomic E-state index is 11.8. The smallest absolute Gasteiger partial charge is 0.292 e. The maximum Gasteiger partial charge on any atom is 0.292 e. The first-order chi connectivity index (χ1) is 9.54. The summed E-state index contributed by atoms with van der Waals surface area (Å²) in [5, 5.41) is 6.54. The van der Waals surface area contributed by atoms with Gasteiger partial charge in [-0.15, -0.1) is 0 Å². The predicted octanol–water partition coefficient (Wildman–Crippen LogP) is 1.83. The number of carbonyl (C=O) groups is 1. The van der Waals surface area contributed by atoms with Gasteiger partial charge < -0.3 is 15.6 Å². The topological polar surface area (TPSA) is 94.0 Å². The van der Waals surface area contributed by atoms with Gasteiger partial charge in [0.25, 0.3) is 17.6 Å². The quantitative estimate of drug-likeness (QED) is 0.831. The zero-order valence-electron chi connectivity index (χ0n) is 11.4. The van der Waals surface area contributed by atoms with Crippen LogP contribution in [0.15, 0.2) is 16.7 Å². The molecule has 104 valence electrons. The number of amides is 1. The van der Waals surface area contributed by atoms with Gasteiger partial charge in [-0.25, -0.2) is 0 Å². The van der Waals surface area contributed by atoms with Crippen LogP contribution < -0.4 is 11.1 Å². The lowest BCUT2D eigenvalue weighted by atomic mass is 10.0. The minimum absolute atomic E-state index is 0.0467. The lowest BCUT2D eigenvalue weighted by molar-refractivity contribution is 0.0937. The summed E-state index contributed by atoms with van der Waals surface area (Å²) in [6, 6.07) is 4.12. The van der Waals surface area contributed by atoms with Gasteiger partial charge in [0.05, 0.1) is 5.56 Å². The molecular formula is C14H16N4O2. The molecule has 1 aliphatic carbocycles. The molecule has 1 fully saturated rings. The van der Waals surface area contributed by atoms with Crippen molar-refractivity contribution in [2.45, 2.75) is 32.7 Å². The minimum atomic E-state index is -0.301. The van der Waals surface area contributed by atoms with Gasteiger partial charge in [-0.3, -0.25) is 4.79 Å². The maximum absolute atomic E-state index is 11.8. The summed E-state index contributed by atoms with van der Waals surface area (Å²) in [5.74, 6) is 0.0196. The first-order valence-electron chi connectivity index (χ1n) is 6.56. The Balaban J connectivity index is 1.91. The Morgan fingerprint density at radius 2 is 2.15 bits per heavy atom. The first-order valence-corrected chi connectivity index (χ1v) is 6.56. The van der Waals surface area contributed by atoms with Crippen molar-refractivity contribution >= 4 is 11.6 Å². The number of anilines is 1. The summed E-state index contributed by atoms with van der Waals surface area (Å²) in [5.41, 5.74) is 9.29. The van der Waals surface area contributed by atoms with Gasteiger partial charge in [0.1, 0.15) is 0 Å². The molecule has 0 radical (unpaired) electrons. The Bertz CT molecular complexity index is 674. The van der Waals surface area contributed by atoms with E-state index in [-0.39, 0.29) is 23.7 Å². The molecule has 0 unspecified atom stereocenters. The summed E-state index contributed by atoms with van der Waals surface area (Å²) in [7, 11) is 0. The van der Waals surface area contributed by atoms with Crippen molar-refractivity contribution in [2.75, 3.05) is 5.73 Å². The van der Waals surface area contributed by atoms with E-state index in [1.54, 1.807) is 0 Å². The molecule has 1 amide bonds. The molecule has 0 bridgehead atoms. The van der Waals surface area contributed by atoms with Crippen molar-refractivity contribution < 1.29 is 9.32 Å². The lowest BCUT2D eigenvalue weighted by Crippen LogP contribution is -2.26. The Morgan fingerprint density at radius 3 is 2.85 bits per heavy atom. The van der Waals surface area contributed by atoms with Crippen molar-refractivity contribution in [3.63, 3.8) is 0 Å². The average molecular weight is 272 g/mol. The molecule has 6 heteroatoms. The number of nitrogens with two attached hydrogens (primary N) is 1.